The highest BCUT2D eigenvalue weighted by Gasteiger charge is 2.17. The lowest BCUT2D eigenvalue weighted by Crippen LogP contribution is -2.25. The van der Waals surface area contributed by atoms with Gasteiger partial charge in [0.2, 0.25) is 0 Å². The zero-order valence-corrected chi connectivity index (χ0v) is 14.4. The number of hydrogen-bond donors (Lipinski definition) is 0. The van der Waals surface area contributed by atoms with Crippen molar-refractivity contribution in [2.45, 2.75) is 85.0 Å². The second-order valence-electron chi connectivity index (χ2n) is 6.70. The molecule has 19 heavy (non-hydrogen) atoms. The topological polar surface area (TPSA) is 3.24 Å². The normalized spacial score (nSPS) is 13.4. The van der Waals surface area contributed by atoms with Crippen LogP contribution in [-0.2, 0) is 0 Å². The maximum Gasteiger partial charge on any atom is 0.000357 e. The minimum absolute atomic E-state index is 0.859. The fourth-order valence-electron chi connectivity index (χ4n) is 3.11. The Morgan fingerprint density at radius 2 is 1.21 bits per heavy atom. The molecule has 0 aromatic carbocycles. The third-order valence-corrected chi connectivity index (χ3v) is 4.31. The van der Waals surface area contributed by atoms with Gasteiger partial charge in [-0.2, -0.15) is 0 Å². The summed E-state index contributed by atoms with van der Waals surface area (Å²) in [5, 5.41) is 0. The van der Waals surface area contributed by atoms with Crippen LogP contribution >= 0.6 is 0 Å². The van der Waals surface area contributed by atoms with E-state index < -0.39 is 0 Å². The van der Waals surface area contributed by atoms with Crippen LogP contribution in [0.4, 0.5) is 0 Å². The van der Waals surface area contributed by atoms with Gasteiger partial charge in [-0.3, -0.25) is 0 Å². The zero-order valence-electron chi connectivity index (χ0n) is 14.4. The van der Waals surface area contributed by atoms with Crippen molar-refractivity contribution in [1.82, 2.24) is 4.90 Å². The molecule has 0 fully saturated rings. The van der Waals surface area contributed by atoms with Crippen LogP contribution in [0.2, 0.25) is 0 Å². The first-order chi connectivity index (χ1) is 9.11. The van der Waals surface area contributed by atoms with Gasteiger partial charge in [0.1, 0.15) is 0 Å². The largest absolute Gasteiger partial charge is 0.309 e. The monoisotopic (exact) mass is 269 g/mol. The van der Waals surface area contributed by atoms with Crippen LogP contribution in [-0.4, -0.2) is 25.5 Å². The molecule has 0 N–H and O–H groups in total. The molecule has 1 heteroatoms. The summed E-state index contributed by atoms with van der Waals surface area (Å²) in [6.45, 7) is 8.32. The van der Waals surface area contributed by atoms with E-state index >= 15 is 0 Å². The van der Waals surface area contributed by atoms with Gasteiger partial charge < -0.3 is 4.90 Å². The Labute approximate surface area is 123 Å². The number of hydrogen-bond acceptors (Lipinski definition) is 1. The first-order valence-corrected chi connectivity index (χ1v) is 8.76. The van der Waals surface area contributed by atoms with Gasteiger partial charge in [-0.1, -0.05) is 85.0 Å². The molecule has 1 atom stereocenters. The Balaban J connectivity index is 3.98. The molecule has 0 saturated carbocycles. The van der Waals surface area contributed by atoms with Gasteiger partial charge in [-0.25, -0.2) is 0 Å². The summed E-state index contributed by atoms with van der Waals surface area (Å²) in [6, 6.07) is 0. The van der Waals surface area contributed by atoms with Crippen LogP contribution in [0.5, 0.6) is 0 Å². The second kappa shape index (κ2) is 13.0. The van der Waals surface area contributed by atoms with Gasteiger partial charge in [-0.05, 0) is 25.9 Å². The lowest BCUT2D eigenvalue weighted by atomic mass is 9.84. The molecule has 0 amide bonds. The summed E-state index contributed by atoms with van der Waals surface area (Å²) < 4.78 is 0. The van der Waals surface area contributed by atoms with E-state index in [0.29, 0.717) is 0 Å². The molecular weight excluding hydrogens is 230 g/mol. The molecule has 0 bridgehead atoms. The van der Waals surface area contributed by atoms with Crippen molar-refractivity contribution >= 4 is 0 Å². The summed E-state index contributed by atoms with van der Waals surface area (Å²) in [5.74, 6) is 1.81. The molecule has 0 rings (SSSR count). The summed E-state index contributed by atoms with van der Waals surface area (Å²) >= 11 is 0. The minimum atomic E-state index is 0.859. The van der Waals surface area contributed by atoms with Gasteiger partial charge in [0.25, 0.3) is 0 Å². The highest BCUT2D eigenvalue weighted by atomic mass is 15.1. The molecule has 0 aliphatic carbocycles. The van der Waals surface area contributed by atoms with E-state index in [9.17, 15) is 0 Å². The summed E-state index contributed by atoms with van der Waals surface area (Å²) in [5.41, 5.74) is 0. The van der Waals surface area contributed by atoms with E-state index in [1.54, 1.807) is 0 Å². The molecule has 1 nitrogen and oxygen atoms in total. The molecular formula is C18H39N. The second-order valence-corrected chi connectivity index (χ2v) is 6.70. The predicted octanol–water partition coefficient (Wildman–Crippen LogP) is 5.74. The molecule has 116 valence electrons. The number of rotatable bonds is 13. The van der Waals surface area contributed by atoms with Crippen molar-refractivity contribution < 1.29 is 0 Å². The summed E-state index contributed by atoms with van der Waals surface area (Å²) in [7, 11) is 4.42. The van der Waals surface area contributed by atoms with Gasteiger partial charge in [-0.15, -0.1) is 0 Å². The van der Waals surface area contributed by atoms with E-state index in [1.165, 1.54) is 70.8 Å². The van der Waals surface area contributed by atoms with Gasteiger partial charge in [0.15, 0.2) is 0 Å². The third-order valence-electron chi connectivity index (χ3n) is 4.31. The Morgan fingerprint density at radius 3 is 1.58 bits per heavy atom. The highest BCUT2D eigenvalue weighted by Crippen LogP contribution is 2.26. The number of nitrogens with zero attached hydrogens (tertiary/aromatic N) is 1. The Hall–Kier alpha value is -0.0400. The van der Waals surface area contributed by atoms with Crippen molar-refractivity contribution in [2.24, 2.45) is 11.8 Å². The summed E-state index contributed by atoms with van der Waals surface area (Å²) in [4.78, 5) is 2.36. The molecule has 0 radical (unpaired) electrons. The first kappa shape index (κ1) is 19.0. The van der Waals surface area contributed by atoms with Crippen LogP contribution in [0.3, 0.4) is 0 Å². The smallest absolute Gasteiger partial charge is 0.000357 e. The molecule has 0 saturated heterocycles. The quantitative estimate of drug-likeness (QED) is 0.385. The van der Waals surface area contributed by atoms with Crippen molar-refractivity contribution in [3.05, 3.63) is 0 Å². The molecule has 1 unspecified atom stereocenters. The average Bonchev–Trinajstić information content (AvgIpc) is 2.36. The number of unbranched alkanes of at least 4 members (excludes halogenated alkanes) is 6. The SMILES string of the molecule is CCCCCCC(CCCCCC)C(C)CN(C)C. The maximum absolute atomic E-state index is 2.46. The Morgan fingerprint density at radius 1 is 0.737 bits per heavy atom. The van der Waals surface area contributed by atoms with Crippen molar-refractivity contribution in [2.75, 3.05) is 20.6 Å². The van der Waals surface area contributed by atoms with Crippen molar-refractivity contribution in [3.63, 3.8) is 0 Å². The molecule has 0 aromatic heterocycles. The van der Waals surface area contributed by atoms with E-state index in [2.05, 4.69) is 39.8 Å². The maximum atomic E-state index is 2.46. The average molecular weight is 270 g/mol. The van der Waals surface area contributed by atoms with E-state index in [4.69, 9.17) is 0 Å². The van der Waals surface area contributed by atoms with Crippen LogP contribution in [0.15, 0.2) is 0 Å². The zero-order chi connectivity index (χ0) is 14.5. The van der Waals surface area contributed by atoms with Crippen LogP contribution in [0, 0.1) is 11.8 Å². The molecule has 0 aromatic rings. The van der Waals surface area contributed by atoms with E-state index in [0.717, 1.165) is 11.8 Å². The van der Waals surface area contributed by atoms with Crippen molar-refractivity contribution in [3.8, 4) is 0 Å². The fourth-order valence-corrected chi connectivity index (χ4v) is 3.11. The molecule has 0 spiro atoms. The van der Waals surface area contributed by atoms with Gasteiger partial charge >= 0.3 is 0 Å². The lowest BCUT2D eigenvalue weighted by Gasteiger charge is -2.26. The van der Waals surface area contributed by atoms with E-state index in [1.807, 2.05) is 0 Å². The van der Waals surface area contributed by atoms with Gasteiger partial charge in [0, 0.05) is 6.54 Å². The standard InChI is InChI=1S/C18H39N/c1-6-8-10-12-14-18(15-13-11-9-7-2)17(3)16-19(4)5/h17-18H,6-16H2,1-5H3. The van der Waals surface area contributed by atoms with Crippen LogP contribution in [0.1, 0.15) is 85.0 Å². The Bertz CT molecular complexity index is 165. The predicted molar refractivity (Wildman–Crippen MR) is 88.7 cm³/mol. The Kier molecular flexibility index (Phi) is 12.9. The first-order valence-electron chi connectivity index (χ1n) is 8.76. The third kappa shape index (κ3) is 11.5. The fraction of sp³-hybridized carbons (Fsp3) is 1.00. The minimum Gasteiger partial charge on any atom is -0.309 e. The molecule has 0 aliphatic rings. The van der Waals surface area contributed by atoms with Crippen LogP contribution in [0.25, 0.3) is 0 Å². The van der Waals surface area contributed by atoms with E-state index in [-0.39, 0.29) is 0 Å². The molecule has 0 aliphatic heterocycles. The highest BCUT2D eigenvalue weighted by molar-refractivity contribution is 4.69. The summed E-state index contributed by atoms with van der Waals surface area (Å²) in [6.07, 6.45) is 14.3. The van der Waals surface area contributed by atoms with Crippen molar-refractivity contribution in [1.29, 1.82) is 0 Å². The lowest BCUT2D eigenvalue weighted by molar-refractivity contribution is 0.232. The molecule has 0 heterocycles. The van der Waals surface area contributed by atoms with Gasteiger partial charge in [0.05, 0.1) is 0 Å². The van der Waals surface area contributed by atoms with Crippen LogP contribution < -0.4 is 0 Å².